The van der Waals surface area contributed by atoms with Crippen LogP contribution in [-0.4, -0.2) is 23.9 Å². The Balaban J connectivity index is 2.28. The molecule has 0 saturated carbocycles. The monoisotopic (exact) mass is 116 g/mol. The molecule has 2 atom stereocenters. The molecule has 1 saturated heterocycles. The molecule has 8 heavy (non-hydrogen) atoms. The molecule has 1 aliphatic rings. The Hall–Kier alpha value is -0.0800. The maximum Gasteiger partial charge on any atom is 0.0805 e. The van der Waals surface area contributed by atoms with Crippen LogP contribution in [-0.2, 0) is 4.74 Å². The quantitative estimate of drug-likeness (QED) is 0.500. The van der Waals surface area contributed by atoms with Gasteiger partial charge in [0.15, 0.2) is 0 Å². The summed E-state index contributed by atoms with van der Waals surface area (Å²) in [7, 11) is 0. The molecular formula is C6H12O2. The SMILES string of the molecule is CC1OCCC[C@H]1O. The lowest BCUT2D eigenvalue weighted by Gasteiger charge is -2.24. The molecule has 1 rings (SSSR count). The molecular weight excluding hydrogens is 104 g/mol. The minimum atomic E-state index is -0.219. The minimum absolute atomic E-state index is 0.0590. The second kappa shape index (κ2) is 2.46. The maximum absolute atomic E-state index is 9.05. The van der Waals surface area contributed by atoms with E-state index < -0.39 is 0 Å². The zero-order valence-corrected chi connectivity index (χ0v) is 5.13. The Labute approximate surface area is 49.5 Å². The first-order chi connectivity index (χ1) is 3.80. The molecule has 1 fully saturated rings. The van der Waals surface area contributed by atoms with Crippen molar-refractivity contribution in [1.29, 1.82) is 0 Å². The van der Waals surface area contributed by atoms with Gasteiger partial charge in [0, 0.05) is 6.61 Å². The molecule has 0 amide bonds. The van der Waals surface area contributed by atoms with E-state index in [0.717, 1.165) is 19.4 Å². The Morgan fingerprint density at radius 1 is 1.62 bits per heavy atom. The molecule has 0 aromatic heterocycles. The third kappa shape index (κ3) is 1.20. The van der Waals surface area contributed by atoms with Crippen LogP contribution in [0.5, 0.6) is 0 Å². The van der Waals surface area contributed by atoms with Gasteiger partial charge in [0.25, 0.3) is 0 Å². The third-order valence-electron chi connectivity index (χ3n) is 1.57. The summed E-state index contributed by atoms with van der Waals surface area (Å²) in [6.07, 6.45) is 1.75. The van der Waals surface area contributed by atoms with Crippen molar-refractivity contribution in [2.75, 3.05) is 6.61 Å². The molecule has 0 spiro atoms. The Morgan fingerprint density at radius 2 is 2.38 bits per heavy atom. The highest BCUT2D eigenvalue weighted by atomic mass is 16.5. The fourth-order valence-corrected chi connectivity index (χ4v) is 0.907. The van der Waals surface area contributed by atoms with Gasteiger partial charge in [-0.1, -0.05) is 0 Å². The van der Waals surface area contributed by atoms with Crippen LogP contribution in [0.2, 0.25) is 0 Å². The zero-order chi connectivity index (χ0) is 5.98. The van der Waals surface area contributed by atoms with Crippen molar-refractivity contribution in [3.05, 3.63) is 0 Å². The van der Waals surface area contributed by atoms with Crippen LogP contribution < -0.4 is 0 Å². The molecule has 1 N–H and O–H groups in total. The lowest BCUT2D eigenvalue weighted by molar-refractivity contribution is -0.0634. The number of hydrogen-bond acceptors (Lipinski definition) is 2. The fourth-order valence-electron chi connectivity index (χ4n) is 0.907. The molecule has 0 aliphatic carbocycles. The normalized spacial score (nSPS) is 39.8. The highest BCUT2D eigenvalue weighted by Crippen LogP contribution is 2.11. The largest absolute Gasteiger partial charge is 0.390 e. The van der Waals surface area contributed by atoms with Gasteiger partial charge in [-0.25, -0.2) is 0 Å². The maximum atomic E-state index is 9.05. The average molecular weight is 116 g/mol. The van der Waals surface area contributed by atoms with Crippen molar-refractivity contribution in [3.63, 3.8) is 0 Å². The summed E-state index contributed by atoms with van der Waals surface area (Å²) >= 11 is 0. The van der Waals surface area contributed by atoms with E-state index in [1.807, 2.05) is 6.92 Å². The average Bonchev–Trinajstić information content (AvgIpc) is 1.77. The predicted octanol–water partition coefficient (Wildman–Crippen LogP) is 0.546. The third-order valence-corrected chi connectivity index (χ3v) is 1.57. The molecule has 48 valence electrons. The number of aliphatic hydroxyl groups is 1. The highest BCUT2D eigenvalue weighted by Gasteiger charge is 2.18. The van der Waals surface area contributed by atoms with Gasteiger partial charge < -0.3 is 9.84 Å². The fraction of sp³-hybridized carbons (Fsp3) is 1.00. The van der Waals surface area contributed by atoms with Gasteiger partial charge in [-0.15, -0.1) is 0 Å². The molecule has 0 aromatic rings. The minimum Gasteiger partial charge on any atom is -0.390 e. The van der Waals surface area contributed by atoms with Crippen LogP contribution in [0.1, 0.15) is 19.8 Å². The number of rotatable bonds is 0. The van der Waals surface area contributed by atoms with E-state index in [-0.39, 0.29) is 12.2 Å². The first-order valence-electron chi connectivity index (χ1n) is 3.10. The van der Waals surface area contributed by atoms with E-state index in [9.17, 15) is 0 Å². The van der Waals surface area contributed by atoms with Crippen LogP contribution in [0.3, 0.4) is 0 Å². The molecule has 1 unspecified atom stereocenters. The lowest BCUT2D eigenvalue weighted by Crippen LogP contribution is -2.30. The van der Waals surface area contributed by atoms with Gasteiger partial charge in [0.2, 0.25) is 0 Å². The summed E-state index contributed by atoms with van der Waals surface area (Å²) in [6.45, 7) is 2.72. The summed E-state index contributed by atoms with van der Waals surface area (Å²) in [5, 5.41) is 9.05. The van der Waals surface area contributed by atoms with Gasteiger partial charge >= 0.3 is 0 Å². The highest BCUT2D eigenvalue weighted by molar-refractivity contribution is 4.67. The molecule has 1 aliphatic heterocycles. The summed E-state index contributed by atoms with van der Waals surface area (Å²) < 4.78 is 5.14. The molecule has 0 radical (unpaired) electrons. The van der Waals surface area contributed by atoms with Crippen molar-refractivity contribution < 1.29 is 9.84 Å². The van der Waals surface area contributed by atoms with E-state index >= 15 is 0 Å². The Kier molecular flexibility index (Phi) is 1.86. The van der Waals surface area contributed by atoms with Gasteiger partial charge in [-0.2, -0.15) is 0 Å². The number of aliphatic hydroxyl groups excluding tert-OH is 1. The number of ether oxygens (including phenoxy) is 1. The Bertz CT molecular complexity index is 62.9. The van der Waals surface area contributed by atoms with Crippen LogP contribution in [0.25, 0.3) is 0 Å². The van der Waals surface area contributed by atoms with Gasteiger partial charge in [-0.05, 0) is 19.8 Å². The smallest absolute Gasteiger partial charge is 0.0805 e. The van der Waals surface area contributed by atoms with Crippen molar-refractivity contribution in [3.8, 4) is 0 Å². The van der Waals surface area contributed by atoms with E-state index in [0.29, 0.717) is 0 Å². The van der Waals surface area contributed by atoms with Crippen molar-refractivity contribution in [2.24, 2.45) is 0 Å². The molecule has 1 heterocycles. The first-order valence-corrected chi connectivity index (χ1v) is 3.10. The molecule has 0 aromatic carbocycles. The predicted molar refractivity (Wildman–Crippen MR) is 30.7 cm³/mol. The topological polar surface area (TPSA) is 29.5 Å². The summed E-state index contributed by atoms with van der Waals surface area (Å²) in [6, 6.07) is 0. The first kappa shape index (κ1) is 6.05. The van der Waals surface area contributed by atoms with E-state index in [2.05, 4.69) is 0 Å². The molecule has 2 nitrogen and oxygen atoms in total. The standard InChI is InChI=1S/C6H12O2/c1-5-6(7)3-2-4-8-5/h5-7H,2-4H2,1H3/t5?,6-/m1/s1. The lowest BCUT2D eigenvalue weighted by atomic mass is 10.1. The molecule has 0 bridgehead atoms. The van der Waals surface area contributed by atoms with E-state index in [4.69, 9.17) is 9.84 Å². The van der Waals surface area contributed by atoms with Crippen molar-refractivity contribution >= 4 is 0 Å². The zero-order valence-electron chi connectivity index (χ0n) is 5.13. The van der Waals surface area contributed by atoms with Crippen LogP contribution >= 0.6 is 0 Å². The van der Waals surface area contributed by atoms with E-state index in [1.54, 1.807) is 0 Å². The second-order valence-corrected chi connectivity index (χ2v) is 2.29. The van der Waals surface area contributed by atoms with Crippen LogP contribution in [0, 0.1) is 0 Å². The summed E-state index contributed by atoms with van der Waals surface area (Å²) in [5.74, 6) is 0. The van der Waals surface area contributed by atoms with Gasteiger partial charge in [-0.3, -0.25) is 0 Å². The van der Waals surface area contributed by atoms with Crippen molar-refractivity contribution in [1.82, 2.24) is 0 Å². The summed E-state index contributed by atoms with van der Waals surface area (Å²) in [4.78, 5) is 0. The van der Waals surface area contributed by atoms with Gasteiger partial charge in [0.1, 0.15) is 0 Å². The van der Waals surface area contributed by atoms with Crippen molar-refractivity contribution in [2.45, 2.75) is 32.0 Å². The second-order valence-electron chi connectivity index (χ2n) is 2.29. The van der Waals surface area contributed by atoms with Gasteiger partial charge in [0.05, 0.1) is 12.2 Å². The van der Waals surface area contributed by atoms with Crippen LogP contribution in [0.15, 0.2) is 0 Å². The van der Waals surface area contributed by atoms with E-state index in [1.165, 1.54) is 0 Å². The molecule has 2 heteroatoms. The Morgan fingerprint density at radius 3 is 2.75 bits per heavy atom. The number of hydrogen-bond donors (Lipinski definition) is 1. The van der Waals surface area contributed by atoms with Crippen LogP contribution in [0.4, 0.5) is 0 Å². The summed E-state index contributed by atoms with van der Waals surface area (Å²) in [5.41, 5.74) is 0.